The first-order valence-corrected chi connectivity index (χ1v) is 4.62. The van der Waals surface area contributed by atoms with Gasteiger partial charge in [0, 0.05) is 25.2 Å². The number of rotatable bonds is 2. The van der Waals surface area contributed by atoms with Crippen LogP contribution >= 0.6 is 12.1 Å². The van der Waals surface area contributed by atoms with Gasteiger partial charge in [0.1, 0.15) is 0 Å². The van der Waals surface area contributed by atoms with Crippen molar-refractivity contribution in [2.24, 2.45) is 0 Å². The van der Waals surface area contributed by atoms with E-state index in [1.54, 1.807) is 0 Å². The fourth-order valence-electron chi connectivity index (χ4n) is 1.18. The molecule has 0 spiro atoms. The van der Waals surface area contributed by atoms with Crippen LogP contribution in [-0.2, 0) is 0 Å². The van der Waals surface area contributed by atoms with Gasteiger partial charge in [-0.2, -0.15) is 0 Å². The Morgan fingerprint density at radius 1 is 1.10 bits per heavy atom. The van der Waals surface area contributed by atoms with E-state index in [4.69, 9.17) is 0 Å². The van der Waals surface area contributed by atoms with Crippen molar-refractivity contribution in [2.75, 3.05) is 27.2 Å². The van der Waals surface area contributed by atoms with E-state index in [0.717, 1.165) is 0 Å². The maximum Gasteiger partial charge on any atom is 0.0101 e. The van der Waals surface area contributed by atoms with Gasteiger partial charge in [0.25, 0.3) is 0 Å². The average Bonchev–Trinajstić information content (AvgIpc) is 1.88. The summed E-state index contributed by atoms with van der Waals surface area (Å²) in [5.41, 5.74) is 0. The molecule has 0 aromatic rings. The van der Waals surface area contributed by atoms with Crippen molar-refractivity contribution in [1.29, 1.82) is 0 Å². The van der Waals surface area contributed by atoms with Gasteiger partial charge < -0.3 is 0 Å². The van der Waals surface area contributed by atoms with Crippen LogP contribution in [0.2, 0.25) is 0 Å². The summed E-state index contributed by atoms with van der Waals surface area (Å²) in [6.45, 7) is 2.53. The summed E-state index contributed by atoms with van der Waals surface area (Å²) in [5, 5.41) is 0. The van der Waals surface area contributed by atoms with E-state index in [9.17, 15) is 0 Å². The van der Waals surface area contributed by atoms with Crippen molar-refractivity contribution in [2.45, 2.75) is 19.3 Å². The third kappa shape index (κ3) is 2.90. The Bertz CT molecular complexity index is 89.6. The minimum atomic E-state index is 1.27. The van der Waals surface area contributed by atoms with Crippen molar-refractivity contribution in [1.82, 2.24) is 8.61 Å². The van der Waals surface area contributed by atoms with Crippen molar-refractivity contribution in [3.8, 4) is 0 Å². The second kappa shape index (κ2) is 4.21. The van der Waals surface area contributed by atoms with E-state index in [1.807, 2.05) is 12.1 Å². The van der Waals surface area contributed by atoms with Gasteiger partial charge in [-0.25, -0.2) is 8.61 Å². The highest BCUT2D eigenvalue weighted by Crippen LogP contribution is 2.18. The molecule has 3 heteroatoms. The van der Waals surface area contributed by atoms with Crippen molar-refractivity contribution >= 4 is 12.1 Å². The SMILES string of the molecule is CN(C)SN1CCCCC1. The van der Waals surface area contributed by atoms with Crippen LogP contribution < -0.4 is 0 Å². The van der Waals surface area contributed by atoms with E-state index in [1.165, 1.54) is 32.4 Å². The summed E-state index contributed by atoms with van der Waals surface area (Å²) in [5.74, 6) is 0. The molecule has 60 valence electrons. The van der Waals surface area contributed by atoms with Crippen LogP contribution in [0.5, 0.6) is 0 Å². The molecule has 0 radical (unpaired) electrons. The van der Waals surface area contributed by atoms with E-state index in [2.05, 4.69) is 22.7 Å². The van der Waals surface area contributed by atoms with E-state index < -0.39 is 0 Å². The molecule has 0 unspecified atom stereocenters. The third-order valence-electron chi connectivity index (χ3n) is 1.59. The second-order valence-corrected chi connectivity index (χ2v) is 4.29. The Morgan fingerprint density at radius 2 is 1.70 bits per heavy atom. The van der Waals surface area contributed by atoms with Crippen LogP contribution in [0, 0.1) is 0 Å². The highest BCUT2D eigenvalue weighted by Gasteiger charge is 2.10. The predicted octanol–water partition coefficient (Wildman–Crippen LogP) is 1.60. The molecule has 0 amide bonds. The minimum absolute atomic E-state index is 1.27. The summed E-state index contributed by atoms with van der Waals surface area (Å²) < 4.78 is 4.59. The minimum Gasteiger partial charge on any atom is -0.243 e. The van der Waals surface area contributed by atoms with Crippen molar-refractivity contribution in [3.63, 3.8) is 0 Å². The molecule has 0 atom stereocenters. The van der Waals surface area contributed by atoms with Gasteiger partial charge in [-0.15, -0.1) is 0 Å². The predicted molar refractivity (Wildman–Crippen MR) is 46.7 cm³/mol. The number of piperidine rings is 1. The van der Waals surface area contributed by atoms with Crippen molar-refractivity contribution in [3.05, 3.63) is 0 Å². The van der Waals surface area contributed by atoms with Crippen LogP contribution in [0.25, 0.3) is 0 Å². The summed E-state index contributed by atoms with van der Waals surface area (Å²) in [6, 6.07) is 0. The molecule has 0 bridgehead atoms. The molecule has 1 heterocycles. The van der Waals surface area contributed by atoms with Gasteiger partial charge in [-0.3, -0.25) is 0 Å². The maximum atomic E-state index is 2.43. The van der Waals surface area contributed by atoms with Crippen molar-refractivity contribution < 1.29 is 0 Å². The first-order valence-electron chi connectivity index (χ1n) is 3.89. The topological polar surface area (TPSA) is 6.48 Å². The Hall–Kier alpha value is 0.270. The zero-order valence-electron chi connectivity index (χ0n) is 6.84. The number of hydrogen-bond donors (Lipinski definition) is 0. The van der Waals surface area contributed by atoms with Crippen LogP contribution in [-0.4, -0.2) is 35.8 Å². The quantitative estimate of drug-likeness (QED) is 0.566. The summed E-state index contributed by atoms with van der Waals surface area (Å²) in [4.78, 5) is 0. The molecule has 0 aliphatic carbocycles. The molecule has 1 rings (SSSR count). The molecule has 1 aliphatic rings. The van der Waals surface area contributed by atoms with Crippen LogP contribution in [0.15, 0.2) is 0 Å². The van der Waals surface area contributed by atoms with E-state index in [0.29, 0.717) is 0 Å². The maximum absolute atomic E-state index is 2.43. The Kier molecular flexibility index (Phi) is 3.52. The fourth-order valence-corrected chi connectivity index (χ4v) is 2.06. The average molecular weight is 160 g/mol. The summed E-state index contributed by atoms with van der Waals surface area (Å²) >= 11 is 1.84. The normalized spacial score (nSPS) is 21.9. The number of hydrogen-bond acceptors (Lipinski definition) is 3. The molecular weight excluding hydrogens is 144 g/mol. The molecule has 0 aromatic heterocycles. The first-order chi connectivity index (χ1) is 4.79. The second-order valence-electron chi connectivity index (χ2n) is 2.88. The van der Waals surface area contributed by atoms with E-state index in [-0.39, 0.29) is 0 Å². The lowest BCUT2D eigenvalue weighted by Crippen LogP contribution is -2.26. The lowest BCUT2D eigenvalue weighted by Gasteiger charge is -2.27. The first kappa shape index (κ1) is 8.37. The highest BCUT2D eigenvalue weighted by molar-refractivity contribution is 7.94. The lowest BCUT2D eigenvalue weighted by atomic mass is 10.2. The fraction of sp³-hybridized carbons (Fsp3) is 1.00. The molecule has 1 saturated heterocycles. The lowest BCUT2D eigenvalue weighted by molar-refractivity contribution is 0.370. The smallest absolute Gasteiger partial charge is 0.0101 e. The molecule has 2 nitrogen and oxygen atoms in total. The molecule has 0 saturated carbocycles. The largest absolute Gasteiger partial charge is 0.243 e. The molecule has 0 N–H and O–H groups in total. The zero-order chi connectivity index (χ0) is 7.40. The van der Waals surface area contributed by atoms with Crippen LogP contribution in [0.1, 0.15) is 19.3 Å². The third-order valence-corrected chi connectivity index (χ3v) is 2.52. The standard InChI is InChI=1S/C7H16N2S/c1-8(2)10-9-6-4-3-5-7-9/h3-7H2,1-2H3. The van der Waals surface area contributed by atoms with Gasteiger partial charge in [-0.05, 0) is 26.9 Å². The summed E-state index contributed by atoms with van der Waals surface area (Å²) in [6.07, 6.45) is 4.17. The highest BCUT2D eigenvalue weighted by atomic mass is 32.2. The van der Waals surface area contributed by atoms with Gasteiger partial charge in [0.2, 0.25) is 0 Å². The Labute approximate surface area is 67.8 Å². The molecule has 1 aliphatic heterocycles. The monoisotopic (exact) mass is 160 g/mol. The van der Waals surface area contributed by atoms with E-state index >= 15 is 0 Å². The van der Waals surface area contributed by atoms with Gasteiger partial charge in [-0.1, -0.05) is 6.42 Å². The van der Waals surface area contributed by atoms with Gasteiger partial charge >= 0.3 is 0 Å². The van der Waals surface area contributed by atoms with Crippen LogP contribution in [0.3, 0.4) is 0 Å². The number of nitrogens with zero attached hydrogens (tertiary/aromatic N) is 2. The van der Waals surface area contributed by atoms with Gasteiger partial charge in [0.15, 0.2) is 0 Å². The van der Waals surface area contributed by atoms with Crippen LogP contribution in [0.4, 0.5) is 0 Å². The molecule has 10 heavy (non-hydrogen) atoms. The zero-order valence-corrected chi connectivity index (χ0v) is 7.65. The molecule has 1 fully saturated rings. The van der Waals surface area contributed by atoms with Gasteiger partial charge in [0.05, 0.1) is 0 Å². The Balaban J connectivity index is 2.13. The molecular formula is C7H16N2S. The molecule has 0 aromatic carbocycles. The summed E-state index contributed by atoms with van der Waals surface area (Å²) in [7, 11) is 4.19. The Morgan fingerprint density at radius 3 is 2.20 bits per heavy atom.